The standard InChI is InChI=1S/C15H32N2/c1-4-5-6-11-17(13(2)3)12-14-7-9-15(16)10-8-14/h13-15H,4-12,16H2,1-3H3. The molecule has 2 nitrogen and oxygen atoms in total. The van der Waals surface area contributed by atoms with Gasteiger partial charge in [-0.3, -0.25) is 0 Å². The van der Waals surface area contributed by atoms with Crippen LogP contribution in [0.25, 0.3) is 0 Å². The van der Waals surface area contributed by atoms with Crippen LogP contribution < -0.4 is 5.73 Å². The second-order valence-corrected chi connectivity index (χ2v) is 6.08. The Kier molecular flexibility index (Phi) is 7.14. The van der Waals surface area contributed by atoms with Gasteiger partial charge in [0.15, 0.2) is 0 Å². The Hall–Kier alpha value is -0.0800. The zero-order valence-electron chi connectivity index (χ0n) is 12.1. The fourth-order valence-corrected chi connectivity index (χ4v) is 2.83. The van der Waals surface area contributed by atoms with Crippen molar-refractivity contribution < 1.29 is 0 Å². The van der Waals surface area contributed by atoms with Crippen molar-refractivity contribution in [1.29, 1.82) is 0 Å². The zero-order chi connectivity index (χ0) is 12.7. The van der Waals surface area contributed by atoms with Gasteiger partial charge in [0, 0.05) is 18.6 Å². The van der Waals surface area contributed by atoms with Gasteiger partial charge in [0.1, 0.15) is 0 Å². The number of hydrogen-bond acceptors (Lipinski definition) is 2. The maximum atomic E-state index is 5.97. The van der Waals surface area contributed by atoms with Gasteiger partial charge in [-0.15, -0.1) is 0 Å². The van der Waals surface area contributed by atoms with Crippen LogP contribution in [0.2, 0.25) is 0 Å². The molecule has 0 radical (unpaired) electrons. The summed E-state index contributed by atoms with van der Waals surface area (Å²) in [6.45, 7) is 9.53. The maximum Gasteiger partial charge on any atom is 0.00390 e. The molecule has 0 aliphatic heterocycles. The molecule has 1 rings (SSSR count). The van der Waals surface area contributed by atoms with E-state index < -0.39 is 0 Å². The smallest absolute Gasteiger partial charge is 0.00390 e. The van der Waals surface area contributed by atoms with Crippen molar-refractivity contribution in [3.63, 3.8) is 0 Å². The monoisotopic (exact) mass is 240 g/mol. The SMILES string of the molecule is CCCCCN(CC1CCC(N)CC1)C(C)C. The van der Waals surface area contributed by atoms with Crippen LogP contribution in [0.1, 0.15) is 65.7 Å². The Morgan fingerprint density at radius 2 is 1.76 bits per heavy atom. The highest BCUT2D eigenvalue weighted by molar-refractivity contribution is 4.77. The first-order valence-corrected chi connectivity index (χ1v) is 7.63. The predicted molar refractivity (Wildman–Crippen MR) is 76.2 cm³/mol. The van der Waals surface area contributed by atoms with Crippen molar-refractivity contribution in [3.8, 4) is 0 Å². The van der Waals surface area contributed by atoms with Crippen molar-refractivity contribution in [3.05, 3.63) is 0 Å². The highest BCUT2D eigenvalue weighted by Gasteiger charge is 2.21. The van der Waals surface area contributed by atoms with E-state index in [-0.39, 0.29) is 0 Å². The summed E-state index contributed by atoms with van der Waals surface area (Å²) in [5, 5.41) is 0. The normalized spacial score (nSPS) is 25.8. The van der Waals surface area contributed by atoms with Gasteiger partial charge in [-0.2, -0.15) is 0 Å². The third-order valence-electron chi connectivity index (χ3n) is 4.16. The van der Waals surface area contributed by atoms with Gasteiger partial charge in [-0.25, -0.2) is 0 Å². The maximum absolute atomic E-state index is 5.97. The molecule has 0 aromatic rings. The van der Waals surface area contributed by atoms with Crippen LogP contribution in [-0.4, -0.2) is 30.1 Å². The van der Waals surface area contributed by atoms with Gasteiger partial charge in [-0.05, 0) is 58.4 Å². The summed E-state index contributed by atoms with van der Waals surface area (Å²) >= 11 is 0. The summed E-state index contributed by atoms with van der Waals surface area (Å²) in [6.07, 6.45) is 9.23. The second kappa shape index (κ2) is 8.10. The van der Waals surface area contributed by atoms with Crippen LogP contribution in [0, 0.1) is 5.92 Å². The van der Waals surface area contributed by atoms with E-state index in [9.17, 15) is 0 Å². The first-order valence-electron chi connectivity index (χ1n) is 7.63. The Labute approximate surface area is 108 Å². The molecular formula is C15H32N2. The van der Waals surface area contributed by atoms with Gasteiger partial charge in [0.25, 0.3) is 0 Å². The second-order valence-electron chi connectivity index (χ2n) is 6.08. The minimum atomic E-state index is 0.485. The van der Waals surface area contributed by atoms with Gasteiger partial charge in [-0.1, -0.05) is 19.8 Å². The molecule has 1 fully saturated rings. The predicted octanol–water partition coefficient (Wildman–Crippen LogP) is 3.40. The van der Waals surface area contributed by atoms with E-state index in [1.54, 1.807) is 0 Å². The molecule has 0 heterocycles. The lowest BCUT2D eigenvalue weighted by Crippen LogP contribution is -2.38. The van der Waals surface area contributed by atoms with E-state index in [0.29, 0.717) is 12.1 Å². The molecule has 17 heavy (non-hydrogen) atoms. The molecule has 0 saturated heterocycles. The van der Waals surface area contributed by atoms with Gasteiger partial charge in [0.05, 0.1) is 0 Å². The first-order chi connectivity index (χ1) is 8.13. The summed E-state index contributed by atoms with van der Waals surface area (Å²) in [7, 11) is 0. The van der Waals surface area contributed by atoms with Crippen LogP contribution in [0.3, 0.4) is 0 Å². The summed E-state index contributed by atoms with van der Waals surface area (Å²) in [5.41, 5.74) is 5.97. The summed E-state index contributed by atoms with van der Waals surface area (Å²) in [6, 6.07) is 1.18. The Balaban J connectivity index is 2.28. The first kappa shape index (κ1) is 15.0. The summed E-state index contributed by atoms with van der Waals surface area (Å²) < 4.78 is 0. The van der Waals surface area contributed by atoms with Crippen molar-refractivity contribution in [1.82, 2.24) is 4.90 Å². The fraction of sp³-hybridized carbons (Fsp3) is 1.00. The van der Waals surface area contributed by atoms with Crippen molar-refractivity contribution >= 4 is 0 Å². The summed E-state index contributed by atoms with van der Waals surface area (Å²) in [5.74, 6) is 0.902. The molecule has 1 saturated carbocycles. The van der Waals surface area contributed by atoms with E-state index in [1.807, 2.05) is 0 Å². The number of unbranched alkanes of at least 4 members (excludes halogenated alkanes) is 2. The van der Waals surface area contributed by atoms with Gasteiger partial charge < -0.3 is 10.6 Å². The lowest BCUT2D eigenvalue weighted by Gasteiger charge is -2.34. The molecule has 1 aliphatic rings. The average Bonchev–Trinajstić information content (AvgIpc) is 2.30. The van der Waals surface area contributed by atoms with Gasteiger partial charge in [0.2, 0.25) is 0 Å². The molecule has 0 amide bonds. The molecule has 2 heteroatoms. The molecule has 0 aromatic heterocycles. The Bertz CT molecular complexity index is 183. The molecular weight excluding hydrogens is 208 g/mol. The average molecular weight is 240 g/mol. The molecule has 0 bridgehead atoms. The van der Waals surface area contributed by atoms with E-state index in [2.05, 4.69) is 25.7 Å². The molecule has 0 spiro atoms. The third kappa shape index (κ3) is 5.87. The summed E-state index contributed by atoms with van der Waals surface area (Å²) in [4.78, 5) is 2.68. The fourth-order valence-electron chi connectivity index (χ4n) is 2.83. The van der Waals surface area contributed by atoms with E-state index in [1.165, 1.54) is 58.0 Å². The molecule has 0 unspecified atom stereocenters. The van der Waals surface area contributed by atoms with Crippen LogP contribution in [0.15, 0.2) is 0 Å². The van der Waals surface area contributed by atoms with Gasteiger partial charge >= 0.3 is 0 Å². The largest absolute Gasteiger partial charge is 0.328 e. The lowest BCUT2D eigenvalue weighted by molar-refractivity contribution is 0.159. The lowest BCUT2D eigenvalue weighted by atomic mass is 9.86. The third-order valence-corrected chi connectivity index (χ3v) is 4.16. The minimum absolute atomic E-state index is 0.485. The molecule has 102 valence electrons. The van der Waals surface area contributed by atoms with Crippen LogP contribution in [0.4, 0.5) is 0 Å². The zero-order valence-corrected chi connectivity index (χ0v) is 12.1. The number of rotatable bonds is 7. The topological polar surface area (TPSA) is 29.3 Å². The van der Waals surface area contributed by atoms with Crippen LogP contribution in [0.5, 0.6) is 0 Å². The number of hydrogen-bond donors (Lipinski definition) is 1. The minimum Gasteiger partial charge on any atom is -0.328 e. The van der Waals surface area contributed by atoms with Crippen molar-refractivity contribution in [2.24, 2.45) is 11.7 Å². The Morgan fingerprint density at radius 3 is 2.29 bits per heavy atom. The molecule has 1 aliphatic carbocycles. The number of nitrogens with zero attached hydrogens (tertiary/aromatic N) is 1. The highest BCUT2D eigenvalue weighted by Crippen LogP contribution is 2.24. The quantitative estimate of drug-likeness (QED) is 0.691. The Morgan fingerprint density at radius 1 is 1.12 bits per heavy atom. The molecule has 0 atom stereocenters. The van der Waals surface area contributed by atoms with Crippen molar-refractivity contribution in [2.45, 2.75) is 77.8 Å². The molecule has 2 N–H and O–H groups in total. The van der Waals surface area contributed by atoms with Crippen molar-refractivity contribution in [2.75, 3.05) is 13.1 Å². The number of nitrogens with two attached hydrogens (primary N) is 1. The molecule has 0 aromatic carbocycles. The van der Waals surface area contributed by atoms with E-state index >= 15 is 0 Å². The van der Waals surface area contributed by atoms with E-state index in [4.69, 9.17) is 5.73 Å². The highest BCUT2D eigenvalue weighted by atomic mass is 15.1. The van der Waals surface area contributed by atoms with Crippen LogP contribution in [-0.2, 0) is 0 Å². The van der Waals surface area contributed by atoms with Crippen LogP contribution >= 0.6 is 0 Å². The van der Waals surface area contributed by atoms with E-state index in [0.717, 1.165) is 5.92 Å².